The van der Waals surface area contributed by atoms with Crippen molar-refractivity contribution in [1.82, 2.24) is 4.90 Å². The average Bonchev–Trinajstić information content (AvgIpc) is 2.74. The van der Waals surface area contributed by atoms with E-state index in [2.05, 4.69) is 15.9 Å². The number of carbonyl (C=O) groups is 2. The van der Waals surface area contributed by atoms with Gasteiger partial charge in [-0.3, -0.25) is 4.79 Å². The SMILES string of the molecule is CC1CCCN(C(=O)c2ccc(Br)s2)C1C(=O)O. The second-order valence-electron chi connectivity index (χ2n) is 4.50. The van der Waals surface area contributed by atoms with Crippen LogP contribution < -0.4 is 0 Å². The number of carbonyl (C=O) groups excluding carboxylic acids is 1. The van der Waals surface area contributed by atoms with E-state index in [-0.39, 0.29) is 11.8 Å². The summed E-state index contributed by atoms with van der Waals surface area (Å²) in [6, 6.07) is 2.84. The van der Waals surface area contributed by atoms with Gasteiger partial charge in [-0.25, -0.2) is 4.79 Å². The molecule has 1 aliphatic heterocycles. The molecule has 2 unspecified atom stereocenters. The first kappa shape index (κ1) is 13.5. The van der Waals surface area contributed by atoms with E-state index in [1.54, 1.807) is 12.1 Å². The van der Waals surface area contributed by atoms with Crippen molar-refractivity contribution in [2.45, 2.75) is 25.8 Å². The maximum absolute atomic E-state index is 12.3. The molecule has 0 spiro atoms. The second kappa shape index (κ2) is 5.40. The van der Waals surface area contributed by atoms with Crippen molar-refractivity contribution in [2.75, 3.05) is 6.54 Å². The van der Waals surface area contributed by atoms with E-state index in [9.17, 15) is 14.7 Å². The van der Waals surface area contributed by atoms with Gasteiger partial charge < -0.3 is 10.0 Å². The van der Waals surface area contributed by atoms with Gasteiger partial charge in [-0.1, -0.05) is 6.92 Å². The molecule has 4 nitrogen and oxygen atoms in total. The minimum Gasteiger partial charge on any atom is -0.480 e. The third kappa shape index (κ3) is 2.59. The Bertz CT molecular complexity index is 474. The van der Waals surface area contributed by atoms with Crippen LogP contribution in [0.1, 0.15) is 29.4 Å². The van der Waals surface area contributed by atoms with Crippen LogP contribution in [0.2, 0.25) is 0 Å². The molecule has 2 heterocycles. The number of likely N-dealkylation sites (tertiary alicyclic amines) is 1. The lowest BCUT2D eigenvalue weighted by molar-refractivity contribution is -0.145. The first-order valence-corrected chi connectivity index (χ1v) is 7.40. The van der Waals surface area contributed by atoms with Crippen molar-refractivity contribution in [3.63, 3.8) is 0 Å². The lowest BCUT2D eigenvalue weighted by Gasteiger charge is -2.37. The number of rotatable bonds is 2. The van der Waals surface area contributed by atoms with Gasteiger partial charge in [0.15, 0.2) is 0 Å². The van der Waals surface area contributed by atoms with Gasteiger partial charge in [0.25, 0.3) is 5.91 Å². The predicted octanol–water partition coefficient (Wildman–Crippen LogP) is 2.84. The first-order valence-electron chi connectivity index (χ1n) is 5.80. The number of nitrogens with zero attached hydrogens (tertiary/aromatic N) is 1. The highest BCUT2D eigenvalue weighted by Gasteiger charge is 2.37. The van der Waals surface area contributed by atoms with Crippen molar-refractivity contribution in [2.24, 2.45) is 5.92 Å². The van der Waals surface area contributed by atoms with Crippen LogP contribution in [-0.4, -0.2) is 34.5 Å². The van der Waals surface area contributed by atoms with Crippen LogP contribution in [0.5, 0.6) is 0 Å². The standard InChI is InChI=1S/C12H14BrNO3S/c1-7-3-2-6-14(10(7)12(16)17)11(15)8-4-5-9(13)18-8/h4-5,7,10H,2-3,6H2,1H3,(H,16,17). The molecule has 1 fully saturated rings. The van der Waals surface area contributed by atoms with Gasteiger partial charge in [0, 0.05) is 6.54 Å². The molecule has 1 saturated heterocycles. The lowest BCUT2D eigenvalue weighted by Crippen LogP contribution is -2.51. The number of carboxylic acids is 1. The Morgan fingerprint density at radius 3 is 2.78 bits per heavy atom. The Morgan fingerprint density at radius 2 is 2.22 bits per heavy atom. The highest BCUT2D eigenvalue weighted by Crippen LogP contribution is 2.28. The zero-order valence-corrected chi connectivity index (χ0v) is 12.3. The Labute approximate surface area is 118 Å². The molecule has 0 saturated carbocycles. The summed E-state index contributed by atoms with van der Waals surface area (Å²) in [7, 11) is 0. The van der Waals surface area contributed by atoms with Gasteiger partial charge in [0.1, 0.15) is 6.04 Å². The van der Waals surface area contributed by atoms with E-state index in [1.807, 2.05) is 6.92 Å². The fraction of sp³-hybridized carbons (Fsp3) is 0.500. The first-order chi connectivity index (χ1) is 8.50. The van der Waals surface area contributed by atoms with Crippen LogP contribution >= 0.6 is 27.3 Å². The zero-order chi connectivity index (χ0) is 13.3. The van der Waals surface area contributed by atoms with E-state index in [1.165, 1.54) is 16.2 Å². The highest BCUT2D eigenvalue weighted by atomic mass is 79.9. The van der Waals surface area contributed by atoms with Crippen LogP contribution in [0, 0.1) is 5.92 Å². The number of thiophene rings is 1. The molecule has 1 N–H and O–H groups in total. The van der Waals surface area contributed by atoms with Crippen LogP contribution in [0.25, 0.3) is 0 Å². The Hall–Kier alpha value is -0.880. The van der Waals surface area contributed by atoms with Crippen LogP contribution in [0.3, 0.4) is 0 Å². The molecule has 1 aliphatic rings. The van der Waals surface area contributed by atoms with Crippen molar-refractivity contribution < 1.29 is 14.7 Å². The zero-order valence-electron chi connectivity index (χ0n) is 9.93. The van der Waals surface area contributed by atoms with Gasteiger partial charge in [-0.2, -0.15) is 0 Å². The molecule has 0 aliphatic carbocycles. The summed E-state index contributed by atoms with van der Waals surface area (Å²) in [5, 5.41) is 9.28. The van der Waals surface area contributed by atoms with E-state index < -0.39 is 12.0 Å². The fourth-order valence-electron chi connectivity index (χ4n) is 2.36. The molecule has 2 atom stereocenters. The van der Waals surface area contributed by atoms with Gasteiger partial charge in [-0.15, -0.1) is 11.3 Å². The van der Waals surface area contributed by atoms with E-state index in [0.29, 0.717) is 11.4 Å². The summed E-state index contributed by atoms with van der Waals surface area (Å²) in [4.78, 5) is 25.7. The molecule has 1 aromatic rings. The number of hydrogen-bond acceptors (Lipinski definition) is 3. The predicted molar refractivity (Wildman–Crippen MR) is 72.9 cm³/mol. The van der Waals surface area contributed by atoms with Crippen LogP contribution in [0.4, 0.5) is 0 Å². The van der Waals surface area contributed by atoms with Gasteiger partial charge in [0.05, 0.1) is 8.66 Å². The summed E-state index contributed by atoms with van der Waals surface area (Å²) in [5.74, 6) is -1.08. The molecular weight excluding hydrogens is 318 g/mol. The monoisotopic (exact) mass is 331 g/mol. The number of aliphatic carboxylic acids is 1. The summed E-state index contributed by atoms with van der Waals surface area (Å²) in [6.07, 6.45) is 1.72. The maximum Gasteiger partial charge on any atom is 0.326 e. The minimum atomic E-state index is -0.911. The molecule has 0 aromatic carbocycles. The molecule has 2 rings (SSSR count). The van der Waals surface area contributed by atoms with Crippen molar-refractivity contribution in [3.05, 3.63) is 20.8 Å². The molecule has 1 amide bonds. The molecule has 18 heavy (non-hydrogen) atoms. The molecule has 0 bridgehead atoms. The average molecular weight is 332 g/mol. The Morgan fingerprint density at radius 1 is 1.50 bits per heavy atom. The summed E-state index contributed by atoms with van der Waals surface area (Å²) >= 11 is 4.65. The number of amides is 1. The quantitative estimate of drug-likeness (QED) is 0.906. The largest absolute Gasteiger partial charge is 0.480 e. The minimum absolute atomic E-state index is 0.00334. The molecule has 0 radical (unpaired) electrons. The summed E-state index contributed by atoms with van der Waals surface area (Å²) in [6.45, 7) is 2.41. The third-order valence-corrected chi connectivity index (χ3v) is 4.84. The molecule has 1 aromatic heterocycles. The smallest absolute Gasteiger partial charge is 0.326 e. The topological polar surface area (TPSA) is 57.6 Å². The number of carboxylic acid groups (broad SMARTS) is 1. The molecular formula is C12H14BrNO3S. The highest BCUT2D eigenvalue weighted by molar-refractivity contribution is 9.11. The van der Waals surface area contributed by atoms with Crippen LogP contribution in [0.15, 0.2) is 15.9 Å². The second-order valence-corrected chi connectivity index (χ2v) is 6.97. The molecule has 6 heteroatoms. The van der Waals surface area contributed by atoms with Gasteiger partial charge >= 0.3 is 5.97 Å². The summed E-state index contributed by atoms with van der Waals surface area (Å²) in [5.41, 5.74) is 0. The lowest BCUT2D eigenvalue weighted by atomic mass is 9.90. The number of hydrogen-bond donors (Lipinski definition) is 1. The molecule has 98 valence electrons. The Balaban J connectivity index is 2.24. The summed E-state index contributed by atoms with van der Waals surface area (Å²) < 4.78 is 0.878. The van der Waals surface area contributed by atoms with E-state index in [4.69, 9.17) is 0 Å². The normalized spacial score (nSPS) is 24.0. The van der Waals surface area contributed by atoms with E-state index in [0.717, 1.165) is 16.6 Å². The van der Waals surface area contributed by atoms with Crippen LogP contribution in [-0.2, 0) is 4.79 Å². The van der Waals surface area contributed by atoms with Crippen molar-refractivity contribution in [1.29, 1.82) is 0 Å². The van der Waals surface area contributed by atoms with Crippen molar-refractivity contribution >= 4 is 39.1 Å². The number of halogens is 1. The van der Waals surface area contributed by atoms with Gasteiger partial charge in [0.2, 0.25) is 0 Å². The fourth-order valence-corrected chi connectivity index (χ4v) is 3.71. The maximum atomic E-state index is 12.3. The third-order valence-electron chi connectivity index (χ3n) is 3.23. The number of piperidine rings is 1. The Kier molecular flexibility index (Phi) is 4.07. The van der Waals surface area contributed by atoms with E-state index >= 15 is 0 Å². The van der Waals surface area contributed by atoms with Crippen molar-refractivity contribution in [3.8, 4) is 0 Å². The van der Waals surface area contributed by atoms with Gasteiger partial charge in [-0.05, 0) is 46.8 Å².